The Bertz CT molecular complexity index is 467. The minimum absolute atomic E-state index is 0.0525. The molecule has 21 heavy (non-hydrogen) atoms. The van der Waals surface area contributed by atoms with E-state index in [1.165, 1.54) is 37.1 Å². The molecule has 0 aromatic heterocycles. The lowest BCUT2D eigenvalue weighted by atomic mass is 9.98. The third-order valence-corrected chi connectivity index (χ3v) is 4.71. The van der Waals surface area contributed by atoms with Crippen molar-refractivity contribution in [3.8, 4) is 5.75 Å². The lowest BCUT2D eigenvalue weighted by Crippen LogP contribution is -2.31. The standard InChI is InChI=1S/C15H18BrF2NO2/c16-8-11-2-1-3-12(11)9-19-14(20)10-4-6-13(7-5-10)21-15(17)18/h4-7,11-12,15H,1-3,8-9H2,(H,19,20). The Hall–Kier alpha value is -1.17. The molecule has 6 heteroatoms. The van der Waals surface area contributed by atoms with Crippen molar-refractivity contribution in [3.63, 3.8) is 0 Å². The molecule has 0 radical (unpaired) electrons. The molecule has 1 saturated carbocycles. The van der Waals surface area contributed by atoms with Crippen LogP contribution in [0.5, 0.6) is 5.75 Å². The predicted molar refractivity (Wildman–Crippen MR) is 80.0 cm³/mol. The summed E-state index contributed by atoms with van der Waals surface area (Å²) in [6.45, 7) is -2.20. The van der Waals surface area contributed by atoms with Gasteiger partial charge in [0.05, 0.1) is 0 Å². The van der Waals surface area contributed by atoms with E-state index in [0.717, 1.165) is 11.8 Å². The third-order valence-electron chi connectivity index (χ3n) is 3.88. The zero-order chi connectivity index (χ0) is 15.2. The summed E-state index contributed by atoms with van der Waals surface area (Å²) >= 11 is 3.51. The first-order valence-corrected chi connectivity index (χ1v) is 8.11. The fraction of sp³-hybridized carbons (Fsp3) is 0.533. The van der Waals surface area contributed by atoms with Gasteiger partial charge < -0.3 is 10.1 Å². The molecule has 0 saturated heterocycles. The van der Waals surface area contributed by atoms with Crippen LogP contribution in [0.15, 0.2) is 24.3 Å². The molecule has 1 amide bonds. The lowest BCUT2D eigenvalue weighted by Gasteiger charge is -2.17. The number of carbonyl (C=O) groups excluding carboxylic acids is 1. The topological polar surface area (TPSA) is 38.3 Å². The van der Waals surface area contributed by atoms with Gasteiger partial charge in [0, 0.05) is 17.4 Å². The van der Waals surface area contributed by atoms with Crippen molar-refractivity contribution in [2.45, 2.75) is 25.9 Å². The monoisotopic (exact) mass is 361 g/mol. The maximum Gasteiger partial charge on any atom is 0.387 e. The maximum atomic E-state index is 12.0. The van der Waals surface area contributed by atoms with Gasteiger partial charge in [-0.1, -0.05) is 22.4 Å². The number of rotatable bonds is 6. The fourth-order valence-electron chi connectivity index (χ4n) is 2.70. The molecule has 2 atom stereocenters. The van der Waals surface area contributed by atoms with Crippen LogP contribution in [0.25, 0.3) is 0 Å². The molecule has 1 aliphatic rings. The van der Waals surface area contributed by atoms with Gasteiger partial charge in [-0.3, -0.25) is 4.79 Å². The SMILES string of the molecule is O=C(NCC1CCCC1CBr)c1ccc(OC(F)F)cc1. The molecule has 1 N–H and O–H groups in total. The summed E-state index contributed by atoms with van der Waals surface area (Å²) in [5, 5.41) is 3.88. The number of ether oxygens (including phenoxy) is 1. The molecule has 1 fully saturated rings. The van der Waals surface area contributed by atoms with E-state index in [4.69, 9.17) is 0 Å². The van der Waals surface area contributed by atoms with Gasteiger partial charge in [-0.2, -0.15) is 8.78 Å². The van der Waals surface area contributed by atoms with Crippen LogP contribution in [0.4, 0.5) is 8.78 Å². The Balaban J connectivity index is 1.85. The molecule has 0 bridgehead atoms. The molecule has 0 spiro atoms. The van der Waals surface area contributed by atoms with Crippen LogP contribution in [0, 0.1) is 11.8 Å². The van der Waals surface area contributed by atoms with E-state index >= 15 is 0 Å². The fourth-order valence-corrected chi connectivity index (χ4v) is 3.55. The summed E-state index contributed by atoms with van der Waals surface area (Å²) in [6.07, 6.45) is 3.54. The van der Waals surface area contributed by atoms with E-state index in [9.17, 15) is 13.6 Å². The Morgan fingerprint density at radius 3 is 2.57 bits per heavy atom. The molecular weight excluding hydrogens is 344 g/mol. The van der Waals surface area contributed by atoms with Gasteiger partial charge in [-0.15, -0.1) is 0 Å². The van der Waals surface area contributed by atoms with Crippen molar-refractivity contribution >= 4 is 21.8 Å². The van der Waals surface area contributed by atoms with Gasteiger partial charge >= 0.3 is 6.61 Å². The predicted octanol–water partition coefficient (Wildman–Crippen LogP) is 3.83. The quantitative estimate of drug-likeness (QED) is 0.782. The van der Waals surface area contributed by atoms with E-state index in [0.29, 0.717) is 23.9 Å². The molecule has 0 heterocycles. The first-order valence-electron chi connectivity index (χ1n) is 6.99. The molecule has 1 aliphatic carbocycles. The number of nitrogens with one attached hydrogen (secondary N) is 1. The highest BCUT2D eigenvalue weighted by Gasteiger charge is 2.26. The summed E-state index contributed by atoms with van der Waals surface area (Å²) in [5.74, 6) is 0.998. The van der Waals surface area contributed by atoms with Gasteiger partial charge in [-0.05, 0) is 48.9 Å². The molecule has 1 aromatic carbocycles. The van der Waals surface area contributed by atoms with Crippen molar-refractivity contribution in [3.05, 3.63) is 29.8 Å². The molecule has 0 aliphatic heterocycles. The second kappa shape index (κ2) is 7.73. The average molecular weight is 362 g/mol. The van der Waals surface area contributed by atoms with Crippen LogP contribution in [-0.4, -0.2) is 24.4 Å². The highest BCUT2D eigenvalue weighted by atomic mass is 79.9. The van der Waals surface area contributed by atoms with E-state index in [2.05, 4.69) is 26.0 Å². The molecule has 116 valence electrons. The van der Waals surface area contributed by atoms with Gasteiger partial charge in [-0.25, -0.2) is 0 Å². The second-order valence-electron chi connectivity index (χ2n) is 5.22. The first kappa shape index (κ1) is 16.2. The first-order chi connectivity index (χ1) is 10.1. The smallest absolute Gasteiger partial charge is 0.387 e. The third kappa shape index (κ3) is 4.66. The summed E-state index contributed by atoms with van der Waals surface area (Å²) < 4.78 is 28.3. The van der Waals surface area contributed by atoms with Crippen LogP contribution in [0.3, 0.4) is 0 Å². The molecule has 2 unspecified atom stereocenters. The number of halogens is 3. The number of hydrogen-bond acceptors (Lipinski definition) is 2. The summed E-state index contributed by atoms with van der Waals surface area (Å²) in [6, 6.07) is 5.73. The van der Waals surface area contributed by atoms with E-state index in [-0.39, 0.29) is 11.7 Å². The zero-order valence-corrected chi connectivity index (χ0v) is 13.1. The van der Waals surface area contributed by atoms with Crippen molar-refractivity contribution in [2.24, 2.45) is 11.8 Å². The summed E-state index contributed by atoms with van der Waals surface area (Å²) in [7, 11) is 0. The Morgan fingerprint density at radius 2 is 1.95 bits per heavy atom. The zero-order valence-electron chi connectivity index (χ0n) is 11.5. The summed E-state index contributed by atoms with van der Waals surface area (Å²) in [5.41, 5.74) is 0.449. The highest BCUT2D eigenvalue weighted by molar-refractivity contribution is 9.09. The Morgan fingerprint density at radius 1 is 1.29 bits per heavy atom. The summed E-state index contributed by atoms with van der Waals surface area (Å²) in [4.78, 5) is 12.0. The van der Waals surface area contributed by atoms with Gasteiger partial charge in [0.2, 0.25) is 0 Å². The molecule has 3 nitrogen and oxygen atoms in total. The number of alkyl halides is 3. The van der Waals surface area contributed by atoms with Crippen molar-refractivity contribution < 1.29 is 18.3 Å². The normalized spacial score (nSPS) is 21.5. The van der Waals surface area contributed by atoms with Gasteiger partial charge in [0.1, 0.15) is 5.75 Å². The molecule has 2 rings (SSSR count). The minimum atomic E-state index is -2.85. The Kier molecular flexibility index (Phi) is 5.96. The van der Waals surface area contributed by atoms with Crippen LogP contribution in [0.1, 0.15) is 29.6 Å². The van der Waals surface area contributed by atoms with Gasteiger partial charge in [0.15, 0.2) is 0 Å². The average Bonchev–Trinajstić information content (AvgIpc) is 2.92. The number of carbonyl (C=O) groups is 1. The van der Waals surface area contributed by atoms with Crippen LogP contribution < -0.4 is 10.1 Å². The van der Waals surface area contributed by atoms with Crippen molar-refractivity contribution in [1.29, 1.82) is 0 Å². The number of amides is 1. The van der Waals surface area contributed by atoms with Crippen LogP contribution in [0.2, 0.25) is 0 Å². The van der Waals surface area contributed by atoms with Gasteiger partial charge in [0.25, 0.3) is 5.91 Å². The lowest BCUT2D eigenvalue weighted by molar-refractivity contribution is -0.0498. The minimum Gasteiger partial charge on any atom is -0.435 e. The van der Waals surface area contributed by atoms with Crippen molar-refractivity contribution in [2.75, 3.05) is 11.9 Å². The number of benzene rings is 1. The second-order valence-corrected chi connectivity index (χ2v) is 5.87. The van der Waals surface area contributed by atoms with E-state index in [1.54, 1.807) is 0 Å². The van der Waals surface area contributed by atoms with Crippen LogP contribution in [-0.2, 0) is 0 Å². The van der Waals surface area contributed by atoms with E-state index < -0.39 is 6.61 Å². The van der Waals surface area contributed by atoms with E-state index in [1.807, 2.05) is 0 Å². The number of hydrogen-bond donors (Lipinski definition) is 1. The van der Waals surface area contributed by atoms with Crippen LogP contribution >= 0.6 is 15.9 Å². The molecule has 1 aromatic rings. The largest absolute Gasteiger partial charge is 0.435 e. The maximum absolute atomic E-state index is 12.0. The Labute approximate surface area is 131 Å². The molecular formula is C15H18BrF2NO2. The van der Waals surface area contributed by atoms with Crippen molar-refractivity contribution in [1.82, 2.24) is 5.32 Å². The highest BCUT2D eigenvalue weighted by Crippen LogP contribution is 2.32.